The van der Waals surface area contributed by atoms with Crippen molar-refractivity contribution in [2.45, 2.75) is 32.4 Å². The standard InChI is InChI=1S/C22H26FN3O/c1-16-13-24-26(14-16)22-10-9-19(12-21(22)23)17(2)25-20(15-27-3)11-18-7-5-4-6-8-18/h4-10,12-14,17,20,25H,11,15H2,1-3H3/t17-,20+/m1/s1. The predicted octanol–water partition coefficient (Wildman–Crippen LogP) is 4.23. The Hall–Kier alpha value is -2.50. The molecule has 0 aliphatic heterocycles. The number of methoxy groups -OCH3 is 1. The van der Waals surface area contributed by atoms with Crippen LogP contribution in [0.4, 0.5) is 4.39 Å². The molecule has 2 atom stereocenters. The van der Waals surface area contributed by atoms with E-state index >= 15 is 0 Å². The van der Waals surface area contributed by atoms with Gasteiger partial charge in [-0.3, -0.25) is 0 Å². The van der Waals surface area contributed by atoms with Gasteiger partial charge in [-0.2, -0.15) is 5.10 Å². The summed E-state index contributed by atoms with van der Waals surface area (Å²) in [6, 6.07) is 15.7. The fourth-order valence-corrected chi connectivity index (χ4v) is 3.24. The number of hydrogen-bond acceptors (Lipinski definition) is 3. The number of ether oxygens (including phenoxy) is 1. The molecule has 0 saturated heterocycles. The summed E-state index contributed by atoms with van der Waals surface area (Å²) in [6.45, 7) is 4.57. The van der Waals surface area contributed by atoms with Crippen LogP contribution in [-0.4, -0.2) is 29.5 Å². The summed E-state index contributed by atoms with van der Waals surface area (Å²) in [7, 11) is 1.70. The minimum Gasteiger partial charge on any atom is -0.383 e. The molecule has 1 heterocycles. The van der Waals surface area contributed by atoms with Crippen LogP contribution in [0.5, 0.6) is 0 Å². The normalized spacial score (nSPS) is 13.5. The van der Waals surface area contributed by atoms with Crippen LogP contribution in [0.25, 0.3) is 5.69 Å². The van der Waals surface area contributed by atoms with Crippen molar-refractivity contribution in [1.82, 2.24) is 15.1 Å². The first-order valence-corrected chi connectivity index (χ1v) is 9.17. The molecule has 0 aliphatic rings. The average molecular weight is 367 g/mol. The summed E-state index contributed by atoms with van der Waals surface area (Å²) in [5.74, 6) is -0.282. The third kappa shape index (κ3) is 5.02. The third-order valence-corrected chi connectivity index (χ3v) is 4.61. The Morgan fingerprint density at radius 2 is 1.96 bits per heavy atom. The average Bonchev–Trinajstić information content (AvgIpc) is 3.08. The lowest BCUT2D eigenvalue weighted by atomic mass is 10.0. The molecule has 4 nitrogen and oxygen atoms in total. The van der Waals surface area contributed by atoms with Gasteiger partial charge in [0.15, 0.2) is 0 Å². The highest BCUT2D eigenvalue weighted by atomic mass is 19.1. The summed E-state index contributed by atoms with van der Waals surface area (Å²) < 4.78 is 21.6. The fraction of sp³-hybridized carbons (Fsp3) is 0.318. The smallest absolute Gasteiger partial charge is 0.149 e. The van der Waals surface area contributed by atoms with Crippen LogP contribution >= 0.6 is 0 Å². The third-order valence-electron chi connectivity index (χ3n) is 4.61. The number of rotatable bonds is 8. The van der Waals surface area contributed by atoms with Gasteiger partial charge in [-0.15, -0.1) is 0 Å². The van der Waals surface area contributed by atoms with Crippen molar-refractivity contribution in [2.75, 3.05) is 13.7 Å². The van der Waals surface area contributed by atoms with E-state index in [4.69, 9.17) is 4.74 Å². The SMILES string of the molecule is COC[C@H](Cc1ccccc1)N[C@H](C)c1ccc(-n2cc(C)cn2)c(F)c1. The first kappa shape index (κ1) is 19.3. The second-order valence-electron chi connectivity index (χ2n) is 6.90. The van der Waals surface area contributed by atoms with Gasteiger partial charge in [0.25, 0.3) is 0 Å². The topological polar surface area (TPSA) is 39.1 Å². The Morgan fingerprint density at radius 3 is 2.59 bits per heavy atom. The Kier molecular flexibility index (Phi) is 6.37. The molecule has 0 aliphatic carbocycles. The number of halogens is 1. The van der Waals surface area contributed by atoms with E-state index < -0.39 is 0 Å². The zero-order chi connectivity index (χ0) is 19.2. The van der Waals surface area contributed by atoms with Crippen LogP contribution in [0.3, 0.4) is 0 Å². The van der Waals surface area contributed by atoms with Gasteiger partial charge in [-0.25, -0.2) is 9.07 Å². The van der Waals surface area contributed by atoms with Gasteiger partial charge in [-0.05, 0) is 49.1 Å². The monoisotopic (exact) mass is 367 g/mol. The molecule has 2 aromatic carbocycles. The summed E-state index contributed by atoms with van der Waals surface area (Å²) in [6.07, 6.45) is 4.39. The van der Waals surface area contributed by atoms with Crippen molar-refractivity contribution in [3.05, 3.63) is 83.4 Å². The minimum absolute atomic E-state index is 0.00299. The lowest BCUT2D eigenvalue weighted by molar-refractivity contribution is 0.161. The van der Waals surface area contributed by atoms with Gasteiger partial charge in [0.2, 0.25) is 0 Å². The van der Waals surface area contributed by atoms with Crippen molar-refractivity contribution in [1.29, 1.82) is 0 Å². The van der Waals surface area contributed by atoms with Gasteiger partial charge in [-0.1, -0.05) is 36.4 Å². The van der Waals surface area contributed by atoms with E-state index in [-0.39, 0.29) is 17.9 Å². The van der Waals surface area contributed by atoms with Gasteiger partial charge < -0.3 is 10.1 Å². The molecule has 1 N–H and O–H groups in total. The predicted molar refractivity (Wildman–Crippen MR) is 106 cm³/mol. The Balaban J connectivity index is 1.72. The first-order chi connectivity index (χ1) is 13.1. The molecule has 0 radical (unpaired) electrons. The lowest BCUT2D eigenvalue weighted by Gasteiger charge is -2.23. The molecule has 0 spiro atoms. The number of aromatic nitrogens is 2. The Morgan fingerprint density at radius 1 is 1.19 bits per heavy atom. The zero-order valence-corrected chi connectivity index (χ0v) is 16.0. The van der Waals surface area contributed by atoms with E-state index in [9.17, 15) is 4.39 Å². The number of nitrogens with one attached hydrogen (secondary N) is 1. The molecule has 0 unspecified atom stereocenters. The highest BCUT2D eigenvalue weighted by Crippen LogP contribution is 2.20. The van der Waals surface area contributed by atoms with Gasteiger partial charge in [0, 0.05) is 25.4 Å². The molecule has 142 valence electrons. The summed E-state index contributed by atoms with van der Waals surface area (Å²) in [4.78, 5) is 0. The molecule has 27 heavy (non-hydrogen) atoms. The largest absolute Gasteiger partial charge is 0.383 e. The van der Waals surface area contributed by atoms with E-state index in [1.165, 1.54) is 5.56 Å². The van der Waals surface area contributed by atoms with Crippen LogP contribution in [0.15, 0.2) is 60.9 Å². The van der Waals surface area contributed by atoms with Crippen LogP contribution in [-0.2, 0) is 11.2 Å². The maximum absolute atomic E-state index is 14.6. The van der Waals surface area contributed by atoms with Gasteiger partial charge >= 0.3 is 0 Å². The maximum Gasteiger partial charge on any atom is 0.149 e. The summed E-state index contributed by atoms with van der Waals surface area (Å²) in [5, 5.41) is 7.74. The molecule has 0 amide bonds. The van der Waals surface area contributed by atoms with E-state index in [0.29, 0.717) is 12.3 Å². The van der Waals surface area contributed by atoms with Crippen molar-refractivity contribution in [2.24, 2.45) is 0 Å². The number of nitrogens with zero attached hydrogens (tertiary/aromatic N) is 2. The zero-order valence-electron chi connectivity index (χ0n) is 16.0. The first-order valence-electron chi connectivity index (χ1n) is 9.17. The van der Waals surface area contributed by atoms with E-state index in [2.05, 4.69) is 22.5 Å². The quantitative estimate of drug-likeness (QED) is 0.648. The van der Waals surface area contributed by atoms with E-state index in [1.54, 1.807) is 30.1 Å². The highest BCUT2D eigenvalue weighted by molar-refractivity contribution is 5.37. The fourth-order valence-electron chi connectivity index (χ4n) is 3.24. The second kappa shape index (κ2) is 8.93. The lowest BCUT2D eigenvalue weighted by Crippen LogP contribution is -2.37. The van der Waals surface area contributed by atoms with Crippen LogP contribution in [0.1, 0.15) is 29.7 Å². The second-order valence-corrected chi connectivity index (χ2v) is 6.90. The number of benzene rings is 2. The van der Waals surface area contributed by atoms with Crippen molar-refractivity contribution >= 4 is 0 Å². The minimum atomic E-state index is -0.282. The molecular weight excluding hydrogens is 341 g/mol. The van der Waals surface area contributed by atoms with Crippen LogP contribution in [0.2, 0.25) is 0 Å². The Bertz CT molecular complexity index is 863. The summed E-state index contributed by atoms with van der Waals surface area (Å²) in [5.41, 5.74) is 3.60. The van der Waals surface area contributed by atoms with Crippen LogP contribution < -0.4 is 5.32 Å². The number of hydrogen-bond donors (Lipinski definition) is 1. The van der Waals surface area contributed by atoms with Crippen molar-refractivity contribution in [3.63, 3.8) is 0 Å². The molecule has 0 fully saturated rings. The van der Waals surface area contributed by atoms with E-state index in [0.717, 1.165) is 17.5 Å². The van der Waals surface area contributed by atoms with Crippen molar-refractivity contribution < 1.29 is 9.13 Å². The van der Waals surface area contributed by atoms with E-state index in [1.807, 2.05) is 44.3 Å². The molecule has 5 heteroatoms. The molecular formula is C22H26FN3O. The summed E-state index contributed by atoms with van der Waals surface area (Å²) >= 11 is 0. The Labute approximate surface area is 160 Å². The molecule has 1 aromatic heterocycles. The maximum atomic E-state index is 14.6. The van der Waals surface area contributed by atoms with Gasteiger partial charge in [0.1, 0.15) is 11.5 Å². The van der Waals surface area contributed by atoms with Gasteiger partial charge in [0.05, 0.1) is 12.8 Å². The molecule has 0 bridgehead atoms. The van der Waals surface area contributed by atoms with Crippen LogP contribution in [0, 0.1) is 12.7 Å². The highest BCUT2D eigenvalue weighted by Gasteiger charge is 2.16. The molecule has 3 aromatic rings. The van der Waals surface area contributed by atoms with Crippen molar-refractivity contribution in [3.8, 4) is 5.69 Å². The molecule has 0 saturated carbocycles. The number of aryl methyl sites for hydroxylation is 1. The molecule has 3 rings (SSSR count).